The maximum absolute atomic E-state index is 12.2. The number of imide groups is 4. The summed E-state index contributed by atoms with van der Waals surface area (Å²) >= 11 is 0. The van der Waals surface area contributed by atoms with Gasteiger partial charge in [-0.3, -0.25) is 58.0 Å². The summed E-state index contributed by atoms with van der Waals surface area (Å²) in [5.74, 6) is -9.22. The molecule has 0 aromatic heterocycles. The van der Waals surface area contributed by atoms with Gasteiger partial charge in [0.05, 0.1) is 44.5 Å². The fourth-order valence-electron chi connectivity index (χ4n) is 9.63. The van der Waals surface area contributed by atoms with E-state index >= 15 is 0 Å². The molecule has 2 unspecified atom stereocenters. The standard InChI is InChI=1S/4C15H11NO4.2Rh/c4*1-8(15(19)20)16-13(17)11-6-9-4-2-3-5-10(9)7-12(11)14(16)18;;/h4*2-8H,1H3,(H,19,20);;/t2*8-;;;;/m00..../s1. The Labute approximate surface area is 490 Å². The molecule has 0 spiro atoms. The first-order valence-corrected chi connectivity index (χ1v) is 24.6. The Morgan fingerprint density at radius 1 is 0.268 bits per heavy atom. The minimum absolute atomic E-state index is 0. The maximum Gasteiger partial charge on any atom is 0.326 e. The van der Waals surface area contributed by atoms with Crippen LogP contribution in [0.4, 0.5) is 0 Å². The molecule has 0 saturated carbocycles. The topological polar surface area (TPSA) is 299 Å². The first-order valence-electron chi connectivity index (χ1n) is 24.6. The molecule has 4 heterocycles. The summed E-state index contributed by atoms with van der Waals surface area (Å²) in [6.07, 6.45) is 0. The van der Waals surface area contributed by atoms with Crippen molar-refractivity contribution in [1.29, 1.82) is 0 Å². The third-order valence-corrected chi connectivity index (χ3v) is 14.1. The smallest absolute Gasteiger partial charge is 0.326 e. The van der Waals surface area contributed by atoms with E-state index < -0.39 is 95.3 Å². The molecular weight excluding hydrogens is 1240 g/mol. The Morgan fingerprint density at radius 3 is 0.476 bits per heavy atom. The number of carboxylic acids is 4. The molecule has 4 aliphatic heterocycles. The number of carbonyl (C=O) groups excluding carboxylic acids is 8. The van der Waals surface area contributed by atoms with Crippen LogP contribution in [0, 0.1) is 0 Å². The Hall–Kier alpha value is -9.51. The zero-order chi connectivity index (χ0) is 57.8. The van der Waals surface area contributed by atoms with E-state index in [-0.39, 0.29) is 83.5 Å². The van der Waals surface area contributed by atoms with E-state index in [0.29, 0.717) is 0 Å². The Kier molecular flexibility index (Phi) is 17.4. The van der Waals surface area contributed by atoms with E-state index in [1.54, 1.807) is 48.5 Å². The number of rotatable bonds is 8. The predicted molar refractivity (Wildman–Crippen MR) is 286 cm³/mol. The van der Waals surface area contributed by atoms with Crippen molar-refractivity contribution in [2.75, 3.05) is 0 Å². The third-order valence-electron chi connectivity index (χ3n) is 14.1. The number of fused-ring (bicyclic) bond motifs is 8. The van der Waals surface area contributed by atoms with E-state index in [0.717, 1.165) is 62.7 Å². The molecule has 12 rings (SSSR count). The van der Waals surface area contributed by atoms with Gasteiger partial charge >= 0.3 is 23.9 Å². The summed E-state index contributed by atoms with van der Waals surface area (Å²) in [6.45, 7) is 5.29. The summed E-state index contributed by atoms with van der Waals surface area (Å²) in [4.78, 5) is 145. The molecule has 4 N–H and O–H groups in total. The quantitative estimate of drug-likeness (QED) is 0.0839. The van der Waals surface area contributed by atoms with Crippen molar-refractivity contribution in [3.63, 3.8) is 0 Å². The van der Waals surface area contributed by atoms with Crippen LogP contribution in [0.1, 0.15) is 111 Å². The monoisotopic (exact) mass is 1280 g/mol. The van der Waals surface area contributed by atoms with E-state index in [4.69, 9.17) is 20.4 Å². The van der Waals surface area contributed by atoms with Crippen LogP contribution in [-0.4, -0.2) is 135 Å². The molecule has 418 valence electrons. The van der Waals surface area contributed by atoms with Crippen LogP contribution in [0.15, 0.2) is 146 Å². The van der Waals surface area contributed by atoms with E-state index in [9.17, 15) is 57.5 Å². The van der Waals surface area contributed by atoms with Gasteiger partial charge in [-0.05, 0) is 119 Å². The van der Waals surface area contributed by atoms with Crippen LogP contribution in [0.2, 0.25) is 0 Å². The van der Waals surface area contributed by atoms with Crippen LogP contribution in [0.5, 0.6) is 0 Å². The zero-order valence-electron chi connectivity index (χ0n) is 43.3. The number of amides is 8. The van der Waals surface area contributed by atoms with Gasteiger partial charge in [0.2, 0.25) is 0 Å². The van der Waals surface area contributed by atoms with Crippen LogP contribution < -0.4 is 0 Å². The van der Waals surface area contributed by atoms with Gasteiger partial charge in [-0.15, -0.1) is 0 Å². The Balaban J connectivity index is 0.000000156. The maximum atomic E-state index is 12.2. The van der Waals surface area contributed by atoms with Gasteiger partial charge < -0.3 is 20.4 Å². The largest absolute Gasteiger partial charge is 0.480 e. The van der Waals surface area contributed by atoms with Crippen LogP contribution >= 0.6 is 0 Å². The average molecular weight is 1280 g/mol. The molecule has 20 nitrogen and oxygen atoms in total. The molecule has 0 saturated heterocycles. The molecule has 22 heteroatoms. The second-order valence-electron chi connectivity index (χ2n) is 19.0. The third kappa shape index (κ3) is 10.7. The summed E-state index contributed by atoms with van der Waals surface area (Å²) in [5.41, 5.74) is 2.12. The van der Waals surface area contributed by atoms with Crippen molar-refractivity contribution in [2.24, 2.45) is 0 Å². The number of hydrogen-bond donors (Lipinski definition) is 4. The van der Waals surface area contributed by atoms with Crippen molar-refractivity contribution in [2.45, 2.75) is 51.9 Å². The predicted octanol–water partition coefficient (Wildman–Crippen LogP) is 7.63. The van der Waals surface area contributed by atoms with Gasteiger partial charge in [0, 0.05) is 39.0 Å². The van der Waals surface area contributed by atoms with Gasteiger partial charge in [-0.1, -0.05) is 97.1 Å². The normalized spacial score (nSPS) is 15.2. The molecule has 4 aliphatic rings. The molecular formula is C60H44N4O16Rh2. The van der Waals surface area contributed by atoms with Gasteiger partial charge in [0.1, 0.15) is 24.2 Å². The van der Waals surface area contributed by atoms with E-state index in [1.165, 1.54) is 27.7 Å². The molecule has 0 fully saturated rings. The van der Waals surface area contributed by atoms with Gasteiger partial charge in [-0.2, -0.15) is 0 Å². The molecule has 8 aromatic rings. The summed E-state index contributed by atoms with van der Waals surface area (Å²) < 4.78 is 0. The second-order valence-corrected chi connectivity index (χ2v) is 19.0. The molecule has 2 radical (unpaired) electrons. The fraction of sp³-hybridized carbons (Fsp3) is 0.133. The first-order chi connectivity index (χ1) is 38.0. The van der Waals surface area contributed by atoms with Gasteiger partial charge in [-0.25, -0.2) is 19.2 Å². The minimum Gasteiger partial charge on any atom is -0.480 e. The molecule has 82 heavy (non-hydrogen) atoms. The van der Waals surface area contributed by atoms with Crippen molar-refractivity contribution in [3.8, 4) is 0 Å². The van der Waals surface area contributed by atoms with Crippen molar-refractivity contribution >= 4 is 114 Å². The van der Waals surface area contributed by atoms with Crippen LogP contribution in [-0.2, 0) is 58.1 Å². The molecule has 0 aliphatic carbocycles. The Bertz CT molecular complexity index is 3380. The number of carbonyl (C=O) groups is 12. The van der Waals surface area contributed by atoms with Crippen molar-refractivity contribution < 1.29 is 117 Å². The van der Waals surface area contributed by atoms with E-state index in [2.05, 4.69) is 0 Å². The van der Waals surface area contributed by atoms with Crippen molar-refractivity contribution in [3.05, 3.63) is 190 Å². The number of carboxylic acid groups (broad SMARTS) is 4. The van der Waals surface area contributed by atoms with Crippen LogP contribution in [0.3, 0.4) is 0 Å². The molecule has 8 amide bonds. The summed E-state index contributed by atoms with van der Waals surface area (Å²) in [6, 6.07) is 37.9. The Morgan fingerprint density at radius 2 is 0.378 bits per heavy atom. The molecule has 0 bridgehead atoms. The number of nitrogens with zero attached hydrogens (tertiary/aromatic N) is 4. The van der Waals surface area contributed by atoms with Crippen LogP contribution in [0.25, 0.3) is 43.1 Å². The second kappa shape index (κ2) is 23.7. The summed E-state index contributed by atoms with van der Waals surface area (Å²) in [7, 11) is 0. The summed E-state index contributed by atoms with van der Waals surface area (Å²) in [5, 5.41) is 42.8. The zero-order valence-corrected chi connectivity index (χ0v) is 46.6. The average Bonchev–Trinajstić information content (AvgIpc) is 4.07. The number of benzene rings is 8. The molecule has 8 aromatic carbocycles. The van der Waals surface area contributed by atoms with E-state index in [1.807, 2.05) is 97.1 Å². The number of hydrogen-bond acceptors (Lipinski definition) is 12. The van der Waals surface area contributed by atoms with Gasteiger partial charge in [0.15, 0.2) is 0 Å². The minimum atomic E-state index is -1.20. The number of aliphatic carboxylic acids is 4. The first kappa shape index (κ1) is 60.1. The fourth-order valence-corrected chi connectivity index (χ4v) is 9.63. The SMILES string of the molecule is CC(C(=O)O)N1C(=O)c2cc3ccccc3cc2C1=O.CC(C(=O)O)N1C(=O)c2cc3ccccc3cc2C1=O.C[C@@H](C(=O)O)N1C(=O)c2cc3ccccc3cc2C1=O.C[C@@H](C(=O)O)N1C(=O)c2cc3ccccc3cc2C1=O.[Rh].[Rh]. The van der Waals surface area contributed by atoms with Gasteiger partial charge in [0.25, 0.3) is 47.3 Å². The molecule has 4 atom stereocenters. The van der Waals surface area contributed by atoms with Crippen molar-refractivity contribution in [1.82, 2.24) is 19.6 Å².